The molecular weight excluding hydrogens is 346 g/mol. The van der Waals surface area contributed by atoms with Crippen molar-refractivity contribution in [3.05, 3.63) is 65.2 Å². The third-order valence-corrected chi connectivity index (χ3v) is 4.58. The Morgan fingerprint density at radius 2 is 1.85 bits per heavy atom. The van der Waals surface area contributed by atoms with Gasteiger partial charge in [0.1, 0.15) is 11.3 Å². The van der Waals surface area contributed by atoms with Crippen molar-refractivity contribution < 1.29 is 19.1 Å². The number of hydrogen-bond acceptors (Lipinski definition) is 5. The number of amides is 3. The Morgan fingerprint density at radius 1 is 1.19 bits per heavy atom. The van der Waals surface area contributed by atoms with Gasteiger partial charge >= 0.3 is 6.03 Å². The highest BCUT2D eigenvalue weighted by Gasteiger charge is 2.49. The molecule has 1 saturated heterocycles. The summed E-state index contributed by atoms with van der Waals surface area (Å²) in [6.07, 6.45) is 0. The lowest BCUT2D eigenvalue weighted by Crippen LogP contribution is -2.41. The zero-order valence-corrected chi connectivity index (χ0v) is 14.9. The van der Waals surface area contributed by atoms with Crippen LogP contribution in [0.2, 0.25) is 0 Å². The zero-order chi connectivity index (χ0) is 19.6. The van der Waals surface area contributed by atoms with Crippen LogP contribution in [0.3, 0.4) is 0 Å². The highest BCUT2D eigenvalue weighted by Crippen LogP contribution is 2.29. The standard InChI is InChI=1S/C20H17N3O4/c1-20(14-9-7-13(11-21)8-10-14)18(25)23(19(26)22-20)12-16(24)15-5-3-4-6-17(15)27-2/h3-10H,12H2,1-2H3,(H,22,26)/t20-/m1/s1. The maximum Gasteiger partial charge on any atom is 0.325 e. The fraction of sp³-hybridized carbons (Fsp3) is 0.200. The van der Waals surface area contributed by atoms with Crippen LogP contribution in [-0.4, -0.2) is 36.3 Å². The summed E-state index contributed by atoms with van der Waals surface area (Å²) in [6.45, 7) is 1.18. The van der Waals surface area contributed by atoms with Crippen molar-refractivity contribution in [3.8, 4) is 11.8 Å². The number of benzene rings is 2. The van der Waals surface area contributed by atoms with Crippen LogP contribution in [0.25, 0.3) is 0 Å². The number of ether oxygens (including phenoxy) is 1. The zero-order valence-electron chi connectivity index (χ0n) is 14.9. The average Bonchev–Trinajstić information content (AvgIpc) is 2.91. The van der Waals surface area contributed by atoms with Crippen LogP contribution in [0.15, 0.2) is 48.5 Å². The maximum atomic E-state index is 12.9. The van der Waals surface area contributed by atoms with E-state index in [9.17, 15) is 14.4 Å². The third kappa shape index (κ3) is 3.13. The molecule has 3 rings (SSSR count). The number of Topliss-reactive ketones (excluding diaryl/α,β-unsaturated/α-hetero) is 1. The number of rotatable bonds is 5. The first kappa shape index (κ1) is 18.1. The number of nitrogens with zero attached hydrogens (tertiary/aromatic N) is 2. The summed E-state index contributed by atoms with van der Waals surface area (Å²) in [4.78, 5) is 38.8. The number of methoxy groups -OCH3 is 1. The molecule has 7 nitrogen and oxygen atoms in total. The second kappa shape index (κ2) is 6.92. The van der Waals surface area contributed by atoms with E-state index < -0.39 is 29.8 Å². The van der Waals surface area contributed by atoms with E-state index in [2.05, 4.69) is 5.32 Å². The van der Waals surface area contributed by atoms with Crippen molar-refractivity contribution in [1.82, 2.24) is 10.2 Å². The van der Waals surface area contributed by atoms with Crippen LogP contribution < -0.4 is 10.1 Å². The lowest BCUT2D eigenvalue weighted by Gasteiger charge is -2.22. The number of carbonyl (C=O) groups is 3. The monoisotopic (exact) mass is 363 g/mol. The molecule has 1 N–H and O–H groups in total. The third-order valence-electron chi connectivity index (χ3n) is 4.58. The fourth-order valence-corrected chi connectivity index (χ4v) is 3.02. The normalized spacial score (nSPS) is 18.8. The van der Waals surface area contributed by atoms with E-state index in [-0.39, 0.29) is 0 Å². The van der Waals surface area contributed by atoms with E-state index in [0.29, 0.717) is 22.4 Å². The number of carbonyl (C=O) groups excluding carboxylic acids is 3. The van der Waals surface area contributed by atoms with E-state index in [4.69, 9.17) is 10.00 Å². The molecule has 2 aromatic rings. The summed E-state index contributed by atoms with van der Waals surface area (Å²) in [5.41, 5.74) is -0.0199. The van der Waals surface area contributed by atoms with Gasteiger partial charge in [-0.25, -0.2) is 4.79 Å². The predicted octanol–water partition coefficient (Wildman–Crippen LogP) is 2.22. The number of imide groups is 1. The minimum Gasteiger partial charge on any atom is -0.496 e. The van der Waals surface area contributed by atoms with E-state index in [1.807, 2.05) is 6.07 Å². The second-order valence-corrected chi connectivity index (χ2v) is 6.26. The molecule has 0 bridgehead atoms. The van der Waals surface area contributed by atoms with E-state index in [0.717, 1.165) is 4.90 Å². The first-order valence-corrected chi connectivity index (χ1v) is 8.21. The lowest BCUT2D eigenvalue weighted by atomic mass is 9.91. The Bertz CT molecular complexity index is 962. The maximum absolute atomic E-state index is 12.9. The summed E-state index contributed by atoms with van der Waals surface area (Å²) >= 11 is 0. The number of para-hydroxylation sites is 1. The smallest absolute Gasteiger partial charge is 0.325 e. The number of hydrogen-bond donors (Lipinski definition) is 1. The molecule has 0 aliphatic carbocycles. The fourth-order valence-electron chi connectivity index (χ4n) is 3.02. The predicted molar refractivity (Wildman–Crippen MR) is 96.1 cm³/mol. The van der Waals surface area contributed by atoms with Gasteiger partial charge in [0, 0.05) is 0 Å². The van der Waals surface area contributed by atoms with Crippen molar-refractivity contribution in [1.29, 1.82) is 5.26 Å². The van der Waals surface area contributed by atoms with Gasteiger partial charge in [0.05, 0.1) is 30.9 Å². The molecule has 2 aromatic carbocycles. The van der Waals surface area contributed by atoms with Gasteiger partial charge in [-0.3, -0.25) is 14.5 Å². The Balaban J connectivity index is 1.85. The van der Waals surface area contributed by atoms with Gasteiger partial charge in [-0.15, -0.1) is 0 Å². The molecule has 0 saturated carbocycles. The Hall–Kier alpha value is -3.66. The Morgan fingerprint density at radius 3 is 2.48 bits per heavy atom. The molecule has 27 heavy (non-hydrogen) atoms. The van der Waals surface area contributed by atoms with Crippen molar-refractivity contribution >= 4 is 17.7 Å². The quantitative estimate of drug-likeness (QED) is 0.649. The molecule has 0 radical (unpaired) electrons. The molecule has 3 amide bonds. The molecular formula is C20H17N3O4. The van der Waals surface area contributed by atoms with Crippen LogP contribution >= 0.6 is 0 Å². The molecule has 7 heteroatoms. The highest BCUT2D eigenvalue weighted by molar-refractivity contribution is 6.11. The molecule has 0 spiro atoms. The molecule has 1 aliphatic heterocycles. The summed E-state index contributed by atoms with van der Waals surface area (Å²) in [5.74, 6) is -0.551. The van der Waals surface area contributed by atoms with Gasteiger partial charge < -0.3 is 10.1 Å². The topological polar surface area (TPSA) is 99.5 Å². The summed E-state index contributed by atoms with van der Waals surface area (Å²) in [7, 11) is 1.45. The number of nitrogens with one attached hydrogen (secondary N) is 1. The van der Waals surface area contributed by atoms with Crippen LogP contribution in [-0.2, 0) is 10.3 Å². The van der Waals surface area contributed by atoms with Crippen molar-refractivity contribution in [2.24, 2.45) is 0 Å². The number of ketones is 1. The van der Waals surface area contributed by atoms with Gasteiger partial charge in [-0.2, -0.15) is 5.26 Å². The molecule has 1 fully saturated rings. The largest absolute Gasteiger partial charge is 0.496 e. The molecule has 1 heterocycles. The molecule has 1 atom stereocenters. The first-order chi connectivity index (χ1) is 12.9. The van der Waals surface area contributed by atoms with E-state index >= 15 is 0 Å². The summed E-state index contributed by atoms with van der Waals surface area (Å²) in [5, 5.41) is 11.5. The van der Waals surface area contributed by atoms with Gasteiger partial charge in [0.15, 0.2) is 5.78 Å². The van der Waals surface area contributed by atoms with Gasteiger partial charge in [-0.1, -0.05) is 24.3 Å². The minimum absolute atomic E-state index is 0.299. The van der Waals surface area contributed by atoms with Crippen LogP contribution in [0, 0.1) is 11.3 Å². The second-order valence-electron chi connectivity index (χ2n) is 6.26. The van der Waals surface area contributed by atoms with Gasteiger partial charge in [0.2, 0.25) is 0 Å². The number of urea groups is 1. The minimum atomic E-state index is -1.30. The van der Waals surface area contributed by atoms with Crippen molar-refractivity contribution in [2.45, 2.75) is 12.5 Å². The summed E-state index contributed by atoms with van der Waals surface area (Å²) in [6, 6.07) is 14.4. The summed E-state index contributed by atoms with van der Waals surface area (Å²) < 4.78 is 5.17. The van der Waals surface area contributed by atoms with Crippen LogP contribution in [0.4, 0.5) is 4.79 Å². The Labute approximate surface area is 156 Å². The molecule has 1 aliphatic rings. The van der Waals surface area contributed by atoms with Crippen LogP contribution in [0.5, 0.6) is 5.75 Å². The SMILES string of the molecule is COc1ccccc1C(=O)CN1C(=O)N[C@](C)(c2ccc(C#N)cc2)C1=O. The van der Waals surface area contributed by atoms with Gasteiger partial charge in [-0.05, 0) is 36.8 Å². The van der Waals surface area contributed by atoms with E-state index in [1.54, 1.807) is 55.5 Å². The average molecular weight is 363 g/mol. The van der Waals surface area contributed by atoms with E-state index in [1.165, 1.54) is 7.11 Å². The lowest BCUT2D eigenvalue weighted by molar-refractivity contribution is -0.130. The first-order valence-electron chi connectivity index (χ1n) is 8.21. The Kier molecular flexibility index (Phi) is 4.65. The molecule has 0 unspecified atom stereocenters. The molecule has 0 aromatic heterocycles. The van der Waals surface area contributed by atoms with Gasteiger partial charge in [0.25, 0.3) is 5.91 Å². The van der Waals surface area contributed by atoms with Crippen molar-refractivity contribution in [2.75, 3.05) is 13.7 Å². The van der Waals surface area contributed by atoms with Crippen LogP contribution in [0.1, 0.15) is 28.4 Å². The highest BCUT2D eigenvalue weighted by atomic mass is 16.5. The molecule has 136 valence electrons. The van der Waals surface area contributed by atoms with Crippen molar-refractivity contribution in [3.63, 3.8) is 0 Å². The number of nitriles is 1.